The van der Waals surface area contributed by atoms with Gasteiger partial charge in [-0.05, 0) is 43.0 Å². The molecule has 1 aliphatic carbocycles. The summed E-state index contributed by atoms with van der Waals surface area (Å²) in [6.07, 6.45) is 4.61. The number of aliphatic hydroxyl groups excluding tert-OH is 1. The molecule has 0 spiro atoms. The van der Waals surface area contributed by atoms with E-state index in [-0.39, 0.29) is 0 Å². The molecule has 2 heterocycles. The average molecular weight is 220 g/mol. The van der Waals surface area contributed by atoms with Crippen molar-refractivity contribution >= 4 is 11.3 Å². The van der Waals surface area contributed by atoms with Gasteiger partial charge in [0.25, 0.3) is 0 Å². The van der Waals surface area contributed by atoms with Crippen molar-refractivity contribution in [3.8, 4) is 0 Å². The second kappa shape index (κ2) is 3.51. The first-order valence-electron chi connectivity index (χ1n) is 5.17. The van der Waals surface area contributed by atoms with Crippen LogP contribution in [0.4, 0.5) is 0 Å². The van der Waals surface area contributed by atoms with E-state index in [0.717, 1.165) is 11.3 Å². The maximum atomic E-state index is 10.1. The van der Waals surface area contributed by atoms with E-state index in [0.29, 0.717) is 5.76 Å². The van der Waals surface area contributed by atoms with Crippen molar-refractivity contribution in [2.75, 3.05) is 0 Å². The summed E-state index contributed by atoms with van der Waals surface area (Å²) < 4.78 is 5.21. The summed E-state index contributed by atoms with van der Waals surface area (Å²) in [5, 5.41) is 10.1. The average Bonchev–Trinajstić information content (AvgIpc) is 2.92. The summed E-state index contributed by atoms with van der Waals surface area (Å²) in [6.45, 7) is 0. The highest BCUT2D eigenvalue weighted by molar-refractivity contribution is 7.12. The highest BCUT2D eigenvalue weighted by atomic mass is 32.1. The van der Waals surface area contributed by atoms with Crippen LogP contribution in [-0.2, 0) is 12.8 Å². The number of hydrogen-bond donors (Lipinski definition) is 1. The maximum Gasteiger partial charge on any atom is 0.146 e. The van der Waals surface area contributed by atoms with Gasteiger partial charge in [0.15, 0.2) is 0 Å². The third-order valence-corrected chi connectivity index (χ3v) is 4.14. The second-order valence-corrected chi connectivity index (χ2v) is 5.04. The van der Waals surface area contributed by atoms with Gasteiger partial charge in [-0.15, -0.1) is 11.3 Å². The molecule has 0 bridgehead atoms. The van der Waals surface area contributed by atoms with Crippen molar-refractivity contribution in [1.82, 2.24) is 0 Å². The van der Waals surface area contributed by atoms with Gasteiger partial charge in [0, 0.05) is 9.75 Å². The van der Waals surface area contributed by atoms with Crippen LogP contribution in [0.5, 0.6) is 0 Å². The zero-order valence-corrected chi connectivity index (χ0v) is 9.09. The minimum absolute atomic E-state index is 0.587. The van der Waals surface area contributed by atoms with Crippen molar-refractivity contribution in [2.24, 2.45) is 0 Å². The topological polar surface area (TPSA) is 33.4 Å². The molecular formula is C12H12O2S. The van der Waals surface area contributed by atoms with Crippen LogP contribution < -0.4 is 0 Å². The molecule has 0 saturated heterocycles. The molecule has 0 amide bonds. The van der Waals surface area contributed by atoms with Gasteiger partial charge in [-0.2, -0.15) is 0 Å². The van der Waals surface area contributed by atoms with Crippen molar-refractivity contribution in [3.63, 3.8) is 0 Å². The molecule has 0 aromatic carbocycles. The lowest BCUT2D eigenvalue weighted by Gasteiger charge is -2.04. The number of thiophene rings is 1. The van der Waals surface area contributed by atoms with Crippen molar-refractivity contribution in [2.45, 2.75) is 25.4 Å². The van der Waals surface area contributed by atoms with Crippen molar-refractivity contribution in [1.29, 1.82) is 0 Å². The quantitative estimate of drug-likeness (QED) is 0.844. The Bertz CT molecular complexity index is 434. The van der Waals surface area contributed by atoms with Gasteiger partial charge in [-0.1, -0.05) is 0 Å². The Hall–Kier alpha value is -1.06. The molecule has 0 aliphatic heterocycles. The van der Waals surface area contributed by atoms with E-state index in [1.165, 1.54) is 23.3 Å². The zero-order chi connectivity index (χ0) is 10.3. The first kappa shape index (κ1) is 9.19. The Kier molecular flexibility index (Phi) is 2.15. The van der Waals surface area contributed by atoms with Crippen LogP contribution in [0.1, 0.15) is 33.6 Å². The van der Waals surface area contributed by atoms with Crippen LogP contribution in [0.3, 0.4) is 0 Å². The second-order valence-electron chi connectivity index (χ2n) is 3.87. The normalized spacial score (nSPS) is 16.6. The standard InChI is InChI=1S/C12H12O2S/c13-12(9-4-2-6-14-9)11-7-8-3-1-5-10(8)15-11/h2,4,6-7,12-13H,1,3,5H2. The first-order valence-corrected chi connectivity index (χ1v) is 5.99. The molecule has 0 saturated carbocycles. The fourth-order valence-corrected chi connectivity index (χ4v) is 3.33. The summed E-state index contributed by atoms with van der Waals surface area (Å²) in [5.74, 6) is 0.634. The lowest BCUT2D eigenvalue weighted by atomic mass is 10.2. The van der Waals surface area contributed by atoms with Gasteiger partial charge in [0.2, 0.25) is 0 Å². The van der Waals surface area contributed by atoms with E-state index in [2.05, 4.69) is 6.07 Å². The highest BCUT2D eigenvalue weighted by Gasteiger charge is 2.20. The number of aliphatic hydroxyl groups is 1. The molecule has 1 atom stereocenters. The molecule has 3 heteroatoms. The summed E-state index contributed by atoms with van der Waals surface area (Å²) >= 11 is 1.72. The van der Waals surface area contributed by atoms with Crippen LogP contribution in [-0.4, -0.2) is 5.11 Å². The van der Waals surface area contributed by atoms with E-state index in [9.17, 15) is 5.11 Å². The van der Waals surface area contributed by atoms with Crippen LogP contribution in [0.25, 0.3) is 0 Å². The predicted molar refractivity (Wildman–Crippen MR) is 59.1 cm³/mol. The third-order valence-electron chi connectivity index (χ3n) is 2.85. The minimum Gasteiger partial charge on any atom is -0.466 e. The Labute approximate surface area is 92.2 Å². The molecule has 1 N–H and O–H groups in total. The monoisotopic (exact) mass is 220 g/mol. The SMILES string of the molecule is OC(c1ccco1)c1cc2c(s1)CCC2. The molecule has 2 nitrogen and oxygen atoms in total. The number of rotatable bonds is 2. The summed E-state index contributed by atoms with van der Waals surface area (Å²) in [6, 6.07) is 5.75. The van der Waals surface area contributed by atoms with E-state index < -0.39 is 6.10 Å². The lowest BCUT2D eigenvalue weighted by Crippen LogP contribution is -1.94. The molecule has 15 heavy (non-hydrogen) atoms. The molecule has 2 aromatic rings. The molecule has 1 aliphatic rings. The molecule has 2 aromatic heterocycles. The van der Waals surface area contributed by atoms with Crippen LogP contribution in [0.15, 0.2) is 28.9 Å². The molecular weight excluding hydrogens is 208 g/mol. The van der Waals surface area contributed by atoms with Gasteiger partial charge >= 0.3 is 0 Å². The zero-order valence-electron chi connectivity index (χ0n) is 8.27. The Balaban J connectivity index is 1.93. The van der Waals surface area contributed by atoms with E-state index in [1.807, 2.05) is 6.07 Å². The number of hydrogen-bond acceptors (Lipinski definition) is 3. The van der Waals surface area contributed by atoms with E-state index in [1.54, 1.807) is 23.7 Å². The minimum atomic E-state index is -0.587. The van der Waals surface area contributed by atoms with E-state index >= 15 is 0 Å². The molecule has 3 rings (SSSR count). The van der Waals surface area contributed by atoms with Gasteiger partial charge in [-0.3, -0.25) is 0 Å². The summed E-state index contributed by atoms with van der Waals surface area (Å²) in [5.41, 5.74) is 1.42. The van der Waals surface area contributed by atoms with Gasteiger partial charge in [-0.25, -0.2) is 0 Å². The fraction of sp³-hybridized carbons (Fsp3) is 0.333. The smallest absolute Gasteiger partial charge is 0.146 e. The Morgan fingerprint density at radius 2 is 2.33 bits per heavy atom. The van der Waals surface area contributed by atoms with Crippen LogP contribution in [0.2, 0.25) is 0 Å². The first-order chi connectivity index (χ1) is 7.34. The summed E-state index contributed by atoms with van der Waals surface area (Å²) in [7, 11) is 0. The van der Waals surface area contributed by atoms with Gasteiger partial charge in [0.1, 0.15) is 11.9 Å². The Morgan fingerprint density at radius 1 is 1.40 bits per heavy atom. The fourth-order valence-electron chi connectivity index (χ4n) is 2.07. The van der Waals surface area contributed by atoms with E-state index in [4.69, 9.17) is 4.42 Å². The third kappa shape index (κ3) is 1.52. The lowest BCUT2D eigenvalue weighted by molar-refractivity contribution is 0.193. The van der Waals surface area contributed by atoms with Crippen LogP contribution in [0, 0.1) is 0 Å². The van der Waals surface area contributed by atoms with Crippen molar-refractivity contribution in [3.05, 3.63) is 45.5 Å². The highest BCUT2D eigenvalue weighted by Crippen LogP contribution is 2.35. The number of aryl methyl sites for hydroxylation is 2. The van der Waals surface area contributed by atoms with Crippen molar-refractivity contribution < 1.29 is 9.52 Å². The van der Waals surface area contributed by atoms with Gasteiger partial charge in [0.05, 0.1) is 6.26 Å². The Morgan fingerprint density at radius 3 is 3.07 bits per heavy atom. The predicted octanol–water partition coefficient (Wildman–Crippen LogP) is 2.91. The van der Waals surface area contributed by atoms with Crippen LogP contribution >= 0.6 is 11.3 Å². The molecule has 78 valence electrons. The molecule has 1 unspecified atom stereocenters. The maximum absolute atomic E-state index is 10.1. The van der Waals surface area contributed by atoms with Gasteiger partial charge < -0.3 is 9.52 Å². The number of furan rings is 1. The largest absolute Gasteiger partial charge is 0.466 e. The molecule has 0 fully saturated rings. The molecule has 0 radical (unpaired) electrons. The number of fused-ring (bicyclic) bond motifs is 1. The summed E-state index contributed by atoms with van der Waals surface area (Å²) in [4.78, 5) is 2.45.